The molecule has 2 unspecified atom stereocenters. The van der Waals surface area contributed by atoms with Gasteiger partial charge < -0.3 is 9.73 Å². The van der Waals surface area contributed by atoms with E-state index in [9.17, 15) is 4.79 Å². The maximum Gasteiger partial charge on any atom is 0.277 e. The van der Waals surface area contributed by atoms with Gasteiger partial charge in [0, 0.05) is 11.4 Å². The molecule has 1 aromatic heterocycles. The number of hydrogen-bond acceptors (Lipinski definition) is 5. The second-order valence-electron chi connectivity index (χ2n) is 6.47. The molecule has 1 heterocycles. The van der Waals surface area contributed by atoms with Gasteiger partial charge in [0.1, 0.15) is 0 Å². The van der Waals surface area contributed by atoms with E-state index < -0.39 is 5.25 Å². The van der Waals surface area contributed by atoms with Crippen molar-refractivity contribution in [1.29, 1.82) is 0 Å². The number of carbonyl (C=O) groups is 1. The number of thioether (sulfide) groups is 1. The maximum atomic E-state index is 12.5. The first kappa shape index (κ1) is 22.0. The molecule has 0 radical (unpaired) electrons. The summed E-state index contributed by atoms with van der Waals surface area (Å²) in [6, 6.07) is 13.1. The molecule has 3 rings (SSSR count). The molecule has 3 aromatic rings. The molecule has 2 atom stereocenters. The molecule has 2 aromatic carbocycles. The second-order valence-corrected chi connectivity index (χ2v) is 9.01. The van der Waals surface area contributed by atoms with Crippen molar-refractivity contribution < 1.29 is 9.21 Å². The molecule has 0 bridgehead atoms. The van der Waals surface area contributed by atoms with Crippen LogP contribution in [0.15, 0.2) is 52.1 Å². The molecule has 1 amide bonds. The maximum absolute atomic E-state index is 12.5. The van der Waals surface area contributed by atoms with Gasteiger partial charge in [-0.1, -0.05) is 83.8 Å². The van der Waals surface area contributed by atoms with Crippen molar-refractivity contribution in [3.63, 3.8) is 0 Å². The van der Waals surface area contributed by atoms with Crippen molar-refractivity contribution in [2.75, 3.05) is 5.32 Å². The molecule has 1 N–H and O–H groups in total. The average molecular weight is 471 g/mol. The SMILES string of the molecule is CC(Sc1nnc(CC(C)c2ccccc2)o1)C(=O)Nc1c(Cl)cc(Cl)cc1Cl. The fourth-order valence-corrected chi connectivity index (χ4v) is 4.23. The van der Waals surface area contributed by atoms with Crippen molar-refractivity contribution in [3.05, 3.63) is 69.0 Å². The highest BCUT2D eigenvalue weighted by molar-refractivity contribution is 8.00. The third kappa shape index (κ3) is 5.89. The normalized spacial score (nSPS) is 13.1. The third-order valence-electron chi connectivity index (χ3n) is 4.20. The number of nitrogens with zero attached hydrogens (tertiary/aromatic N) is 2. The van der Waals surface area contributed by atoms with E-state index in [2.05, 4.69) is 34.6 Å². The zero-order valence-corrected chi connectivity index (χ0v) is 18.7. The monoisotopic (exact) mass is 469 g/mol. The van der Waals surface area contributed by atoms with Crippen LogP contribution in [0.25, 0.3) is 0 Å². The minimum absolute atomic E-state index is 0.240. The van der Waals surface area contributed by atoms with Gasteiger partial charge >= 0.3 is 0 Å². The van der Waals surface area contributed by atoms with Crippen LogP contribution in [0.1, 0.15) is 31.2 Å². The summed E-state index contributed by atoms with van der Waals surface area (Å²) in [6.45, 7) is 3.83. The Balaban J connectivity index is 1.60. The first-order valence-electron chi connectivity index (χ1n) is 8.83. The molecule has 9 heteroatoms. The summed E-state index contributed by atoms with van der Waals surface area (Å²) in [5.74, 6) is 0.475. The van der Waals surface area contributed by atoms with E-state index in [1.807, 2.05) is 18.2 Å². The number of anilines is 1. The summed E-state index contributed by atoms with van der Waals surface area (Å²) in [4.78, 5) is 12.5. The van der Waals surface area contributed by atoms with Crippen molar-refractivity contribution in [2.24, 2.45) is 0 Å². The zero-order chi connectivity index (χ0) is 21.0. The molecule has 5 nitrogen and oxygen atoms in total. The Hall–Kier alpha value is -1.73. The van der Waals surface area contributed by atoms with E-state index in [0.717, 1.165) is 11.8 Å². The highest BCUT2D eigenvalue weighted by atomic mass is 35.5. The predicted molar refractivity (Wildman–Crippen MR) is 118 cm³/mol. The van der Waals surface area contributed by atoms with Crippen LogP contribution in [0, 0.1) is 0 Å². The zero-order valence-electron chi connectivity index (χ0n) is 15.7. The van der Waals surface area contributed by atoms with Gasteiger partial charge in [-0.25, -0.2) is 0 Å². The van der Waals surface area contributed by atoms with Gasteiger partial charge in [0.25, 0.3) is 5.22 Å². The highest BCUT2D eigenvalue weighted by Gasteiger charge is 2.21. The first-order valence-corrected chi connectivity index (χ1v) is 10.8. The van der Waals surface area contributed by atoms with Gasteiger partial charge in [-0.3, -0.25) is 4.79 Å². The number of halogens is 3. The minimum atomic E-state index is -0.502. The smallest absolute Gasteiger partial charge is 0.277 e. The average Bonchev–Trinajstić information content (AvgIpc) is 3.11. The Morgan fingerprint density at radius 3 is 2.41 bits per heavy atom. The van der Waals surface area contributed by atoms with Crippen LogP contribution in [0.3, 0.4) is 0 Å². The van der Waals surface area contributed by atoms with Gasteiger partial charge in [0.05, 0.1) is 21.0 Å². The Kier molecular flexibility index (Phi) is 7.46. The van der Waals surface area contributed by atoms with E-state index >= 15 is 0 Å². The summed E-state index contributed by atoms with van der Waals surface area (Å²) in [6.07, 6.45) is 0.619. The quantitative estimate of drug-likeness (QED) is 0.399. The summed E-state index contributed by atoms with van der Waals surface area (Å²) in [5.41, 5.74) is 1.52. The minimum Gasteiger partial charge on any atom is -0.416 e. The summed E-state index contributed by atoms with van der Waals surface area (Å²) in [5, 5.41) is 11.6. The predicted octanol–water partition coefficient (Wildman–Crippen LogP) is 6.50. The number of rotatable bonds is 7. The standard InChI is InChI=1S/C20H18Cl3N3O2S/c1-11(13-6-4-3-5-7-13)8-17-25-26-20(28-17)29-12(2)19(27)24-18-15(22)9-14(21)10-16(18)23/h3-7,9-12H,8H2,1-2H3,(H,24,27). The van der Waals surface area contributed by atoms with Gasteiger partial charge in [-0.2, -0.15) is 0 Å². The van der Waals surface area contributed by atoms with Crippen molar-refractivity contribution >= 4 is 58.2 Å². The Bertz CT molecular complexity index is 975. The Morgan fingerprint density at radius 2 is 1.76 bits per heavy atom. The summed E-state index contributed by atoms with van der Waals surface area (Å²) >= 11 is 19.3. The van der Waals surface area contributed by atoms with E-state index in [1.54, 1.807) is 6.92 Å². The van der Waals surface area contributed by atoms with Crippen LogP contribution in [-0.2, 0) is 11.2 Å². The molecule has 0 saturated heterocycles. The van der Waals surface area contributed by atoms with E-state index in [-0.39, 0.29) is 21.9 Å². The van der Waals surface area contributed by atoms with Crippen LogP contribution in [0.5, 0.6) is 0 Å². The van der Waals surface area contributed by atoms with Gasteiger partial charge in [0.2, 0.25) is 11.8 Å². The fraction of sp³-hybridized carbons (Fsp3) is 0.250. The molecule has 0 aliphatic rings. The van der Waals surface area contributed by atoms with Crippen molar-refractivity contribution in [1.82, 2.24) is 10.2 Å². The Labute approximate surface area is 188 Å². The number of carbonyl (C=O) groups excluding carboxylic acids is 1. The molecular weight excluding hydrogens is 453 g/mol. The van der Waals surface area contributed by atoms with Gasteiger partial charge in [0.15, 0.2) is 0 Å². The van der Waals surface area contributed by atoms with Crippen LogP contribution in [0.4, 0.5) is 5.69 Å². The largest absolute Gasteiger partial charge is 0.416 e. The van der Waals surface area contributed by atoms with Crippen LogP contribution < -0.4 is 5.32 Å². The van der Waals surface area contributed by atoms with Crippen molar-refractivity contribution in [3.8, 4) is 0 Å². The molecule has 0 aliphatic heterocycles. The van der Waals surface area contributed by atoms with Gasteiger partial charge in [-0.05, 0) is 30.5 Å². The van der Waals surface area contributed by atoms with Crippen LogP contribution in [-0.4, -0.2) is 21.4 Å². The molecule has 0 aliphatic carbocycles. The highest BCUT2D eigenvalue weighted by Crippen LogP contribution is 2.34. The van der Waals surface area contributed by atoms with Crippen LogP contribution in [0.2, 0.25) is 15.1 Å². The second kappa shape index (κ2) is 9.85. The number of benzene rings is 2. The molecule has 0 spiro atoms. The summed E-state index contributed by atoms with van der Waals surface area (Å²) in [7, 11) is 0. The third-order valence-corrected chi connectivity index (χ3v) is 5.95. The molecule has 152 valence electrons. The Morgan fingerprint density at radius 1 is 1.10 bits per heavy atom. The topological polar surface area (TPSA) is 68.0 Å². The lowest BCUT2D eigenvalue weighted by Crippen LogP contribution is -2.22. The lowest BCUT2D eigenvalue weighted by molar-refractivity contribution is -0.115. The number of amides is 1. The molecule has 0 fully saturated rings. The lowest BCUT2D eigenvalue weighted by atomic mass is 9.98. The van der Waals surface area contributed by atoms with E-state index in [1.165, 1.54) is 17.7 Å². The molecule has 29 heavy (non-hydrogen) atoms. The van der Waals surface area contributed by atoms with Gasteiger partial charge in [-0.15, -0.1) is 10.2 Å². The first-order chi connectivity index (χ1) is 13.8. The molecule has 0 saturated carbocycles. The lowest BCUT2D eigenvalue weighted by Gasteiger charge is -2.13. The summed E-state index contributed by atoms with van der Waals surface area (Å²) < 4.78 is 5.70. The van der Waals surface area contributed by atoms with E-state index in [4.69, 9.17) is 39.2 Å². The fourth-order valence-electron chi connectivity index (χ4n) is 2.62. The number of nitrogens with one attached hydrogen (secondary N) is 1. The van der Waals surface area contributed by atoms with E-state index in [0.29, 0.717) is 28.2 Å². The van der Waals surface area contributed by atoms with Crippen LogP contribution >= 0.6 is 46.6 Å². The number of hydrogen-bond donors (Lipinski definition) is 1. The molecular formula is C20H18Cl3N3O2S. The van der Waals surface area contributed by atoms with Crippen molar-refractivity contribution in [2.45, 2.75) is 36.7 Å². The number of aromatic nitrogens is 2.